The smallest absolute Gasteiger partial charge is 0.159 e. The van der Waals surface area contributed by atoms with Crippen LogP contribution in [0.15, 0.2) is 12.4 Å². The summed E-state index contributed by atoms with van der Waals surface area (Å²) in [5.74, 6) is 1.06. The summed E-state index contributed by atoms with van der Waals surface area (Å²) in [6.07, 6.45) is 4.56. The lowest BCUT2D eigenvalue weighted by Crippen LogP contribution is -2.41. The molecule has 3 nitrogen and oxygen atoms in total. The van der Waals surface area contributed by atoms with E-state index in [-0.39, 0.29) is 0 Å². The highest BCUT2D eigenvalue weighted by molar-refractivity contribution is 6.31. The number of rotatable bonds is 1. The van der Waals surface area contributed by atoms with Crippen LogP contribution in [0.2, 0.25) is 0 Å². The van der Waals surface area contributed by atoms with E-state index in [1.54, 1.807) is 0 Å². The van der Waals surface area contributed by atoms with Crippen LogP contribution in [-0.4, -0.2) is 22.9 Å². The van der Waals surface area contributed by atoms with Crippen LogP contribution in [0.3, 0.4) is 0 Å². The van der Waals surface area contributed by atoms with Gasteiger partial charge in [0.25, 0.3) is 0 Å². The molecule has 0 bridgehead atoms. The van der Waals surface area contributed by atoms with E-state index in [1.165, 1.54) is 12.4 Å². The van der Waals surface area contributed by atoms with Crippen LogP contribution in [0.1, 0.15) is 25.6 Å². The van der Waals surface area contributed by atoms with Crippen molar-refractivity contribution in [1.29, 1.82) is 0 Å². The van der Waals surface area contributed by atoms with Gasteiger partial charge >= 0.3 is 0 Å². The van der Waals surface area contributed by atoms with E-state index < -0.39 is 5.60 Å². The normalized spacial score (nSPS) is 32.6. The molecule has 0 amide bonds. The fourth-order valence-electron chi connectivity index (χ4n) is 1.85. The Bertz CT molecular complexity index is 306. The number of nitrogens with zero attached hydrogens (tertiary/aromatic N) is 2. The number of aromatic nitrogens is 2. The van der Waals surface area contributed by atoms with Gasteiger partial charge in [0, 0.05) is 12.4 Å². The Hall–Kier alpha value is -0.895. The van der Waals surface area contributed by atoms with Crippen molar-refractivity contribution in [1.82, 2.24) is 9.97 Å². The molecule has 0 saturated heterocycles. The minimum Gasteiger partial charge on any atom is -0.382 e. The van der Waals surface area contributed by atoms with Crippen molar-refractivity contribution in [3.05, 3.63) is 18.2 Å². The second-order valence-corrected chi connectivity index (χ2v) is 3.89. The minimum absolute atomic E-state index is 0.500. The predicted octanol–water partition coefficient (Wildman–Crippen LogP) is -0.112. The zero-order chi connectivity index (χ0) is 9.47. The first-order chi connectivity index (χ1) is 6.10. The highest BCUT2D eigenvalue weighted by Gasteiger charge is 2.43. The molecule has 2 radical (unpaired) electrons. The molecule has 1 aliphatic carbocycles. The highest BCUT2D eigenvalue weighted by Crippen LogP contribution is 2.43. The molecular formula is C9H11BN2O. The second-order valence-electron chi connectivity index (χ2n) is 3.89. The third-order valence-corrected chi connectivity index (χ3v) is 2.46. The summed E-state index contributed by atoms with van der Waals surface area (Å²) in [5, 5.41) is 9.98. The van der Waals surface area contributed by atoms with Crippen LogP contribution < -0.4 is 5.46 Å². The monoisotopic (exact) mass is 174 g/mol. The third-order valence-electron chi connectivity index (χ3n) is 2.46. The summed E-state index contributed by atoms with van der Waals surface area (Å²) in [5.41, 5.74) is -0.271. The SMILES string of the molecule is [B]c1cnc(C2(O)CC(C)C2)nc1. The quantitative estimate of drug-likeness (QED) is 0.604. The van der Waals surface area contributed by atoms with Crippen molar-refractivity contribution in [2.24, 2.45) is 5.92 Å². The predicted molar refractivity (Wildman–Crippen MR) is 49.7 cm³/mol. The summed E-state index contributed by atoms with van der Waals surface area (Å²) in [6.45, 7) is 2.10. The molecule has 0 atom stereocenters. The van der Waals surface area contributed by atoms with Crippen molar-refractivity contribution in [3.8, 4) is 0 Å². The first-order valence-corrected chi connectivity index (χ1v) is 4.40. The molecular weight excluding hydrogens is 163 g/mol. The number of aliphatic hydroxyl groups is 1. The zero-order valence-corrected chi connectivity index (χ0v) is 7.57. The van der Waals surface area contributed by atoms with Crippen molar-refractivity contribution in [3.63, 3.8) is 0 Å². The van der Waals surface area contributed by atoms with Gasteiger partial charge in [-0.15, -0.1) is 0 Å². The van der Waals surface area contributed by atoms with Crippen LogP contribution in [0.5, 0.6) is 0 Å². The van der Waals surface area contributed by atoms with Crippen LogP contribution >= 0.6 is 0 Å². The standard InChI is InChI=1S/C9H11BN2O/c1-6-2-9(13,3-6)8-11-4-7(10)5-12-8/h4-6,13H,2-3H2,1H3. The van der Waals surface area contributed by atoms with Gasteiger partial charge in [0.05, 0.1) is 0 Å². The number of hydrogen-bond donors (Lipinski definition) is 1. The Labute approximate surface area is 78.6 Å². The molecule has 1 aromatic heterocycles. The highest BCUT2D eigenvalue weighted by atomic mass is 16.3. The zero-order valence-electron chi connectivity index (χ0n) is 7.57. The molecule has 0 unspecified atom stereocenters. The fourth-order valence-corrected chi connectivity index (χ4v) is 1.85. The molecule has 1 fully saturated rings. The minimum atomic E-state index is -0.798. The molecule has 1 aromatic rings. The van der Waals surface area contributed by atoms with Gasteiger partial charge in [-0.25, -0.2) is 9.97 Å². The Balaban J connectivity index is 2.22. The van der Waals surface area contributed by atoms with E-state index in [1.807, 2.05) is 0 Å². The molecule has 0 aliphatic heterocycles. The summed E-state index contributed by atoms with van der Waals surface area (Å²) in [4.78, 5) is 8.04. The van der Waals surface area contributed by atoms with Gasteiger partial charge in [0.1, 0.15) is 13.4 Å². The van der Waals surface area contributed by atoms with Gasteiger partial charge in [0.2, 0.25) is 0 Å². The molecule has 4 heteroatoms. The molecule has 1 heterocycles. The van der Waals surface area contributed by atoms with Crippen LogP contribution in [-0.2, 0) is 5.60 Å². The van der Waals surface area contributed by atoms with Gasteiger partial charge in [0.15, 0.2) is 5.82 Å². The molecule has 66 valence electrons. The maximum atomic E-state index is 9.98. The fraction of sp³-hybridized carbons (Fsp3) is 0.556. The van der Waals surface area contributed by atoms with E-state index in [2.05, 4.69) is 16.9 Å². The van der Waals surface area contributed by atoms with Crippen LogP contribution in [0.4, 0.5) is 0 Å². The van der Waals surface area contributed by atoms with Gasteiger partial charge in [-0.1, -0.05) is 12.4 Å². The summed E-state index contributed by atoms with van der Waals surface area (Å²) >= 11 is 0. The third kappa shape index (κ3) is 1.46. The van der Waals surface area contributed by atoms with E-state index >= 15 is 0 Å². The van der Waals surface area contributed by atoms with Gasteiger partial charge in [-0.05, 0) is 18.8 Å². The Morgan fingerprint density at radius 1 is 1.46 bits per heavy atom. The molecule has 1 saturated carbocycles. The Morgan fingerprint density at radius 2 is 2.00 bits per heavy atom. The van der Waals surface area contributed by atoms with Crippen molar-refractivity contribution >= 4 is 13.3 Å². The Morgan fingerprint density at radius 3 is 2.46 bits per heavy atom. The largest absolute Gasteiger partial charge is 0.382 e. The van der Waals surface area contributed by atoms with Crippen molar-refractivity contribution in [2.45, 2.75) is 25.4 Å². The van der Waals surface area contributed by atoms with Crippen molar-refractivity contribution < 1.29 is 5.11 Å². The average molecular weight is 174 g/mol. The topological polar surface area (TPSA) is 46.0 Å². The van der Waals surface area contributed by atoms with Crippen molar-refractivity contribution in [2.75, 3.05) is 0 Å². The molecule has 2 rings (SSSR count). The van der Waals surface area contributed by atoms with E-state index in [9.17, 15) is 5.11 Å². The second kappa shape index (κ2) is 2.81. The first kappa shape index (κ1) is 8.69. The first-order valence-electron chi connectivity index (χ1n) is 4.40. The lowest BCUT2D eigenvalue weighted by molar-refractivity contribution is -0.0809. The van der Waals surface area contributed by atoms with Crippen LogP contribution in [0, 0.1) is 5.92 Å². The molecule has 0 aromatic carbocycles. The van der Waals surface area contributed by atoms with E-state index in [0.29, 0.717) is 17.2 Å². The Kier molecular flexibility index (Phi) is 1.88. The molecule has 0 spiro atoms. The van der Waals surface area contributed by atoms with E-state index in [4.69, 9.17) is 7.85 Å². The summed E-state index contributed by atoms with van der Waals surface area (Å²) in [7, 11) is 5.45. The lowest BCUT2D eigenvalue weighted by atomic mass is 9.71. The van der Waals surface area contributed by atoms with Crippen LogP contribution in [0.25, 0.3) is 0 Å². The maximum Gasteiger partial charge on any atom is 0.159 e. The maximum absolute atomic E-state index is 9.98. The lowest BCUT2D eigenvalue weighted by Gasteiger charge is -2.40. The molecule has 13 heavy (non-hydrogen) atoms. The van der Waals surface area contributed by atoms with Gasteiger partial charge in [-0.3, -0.25) is 0 Å². The number of hydrogen-bond acceptors (Lipinski definition) is 3. The van der Waals surface area contributed by atoms with Gasteiger partial charge < -0.3 is 5.11 Å². The summed E-state index contributed by atoms with van der Waals surface area (Å²) in [6, 6.07) is 0. The molecule has 1 aliphatic rings. The molecule has 1 N–H and O–H groups in total. The average Bonchev–Trinajstić information content (AvgIpc) is 2.03. The van der Waals surface area contributed by atoms with Gasteiger partial charge in [-0.2, -0.15) is 0 Å². The summed E-state index contributed by atoms with van der Waals surface area (Å²) < 4.78 is 0. The van der Waals surface area contributed by atoms with E-state index in [0.717, 1.165) is 12.8 Å².